The van der Waals surface area contributed by atoms with E-state index in [2.05, 4.69) is 10.2 Å². The molecule has 0 saturated carbocycles. The third kappa shape index (κ3) is 4.33. The first kappa shape index (κ1) is 17.8. The van der Waals surface area contributed by atoms with E-state index in [0.29, 0.717) is 17.0 Å². The van der Waals surface area contributed by atoms with E-state index >= 15 is 0 Å². The Morgan fingerprint density at radius 1 is 1.15 bits per heavy atom. The van der Waals surface area contributed by atoms with E-state index in [1.165, 1.54) is 0 Å². The number of aryl methyl sites for hydroxylation is 1. The molecule has 1 aliphatic heterocycles. The summed E-state index contributed by atoms with van der Waals surface area (Å²) >= 11 is 0. The number of carbonyl (C=O) groups excluding carboxylic acids is 2. The van der Waals surface area contributed by atoms with Crippen molar-refractivity contribution in [2.45, 2.75) is 19.8 Å². The van der Waals surface area contributed by atoms with Gasteiger partial charge in [-0.3, -0.25) is 9.59 Å². The van der Waals surface area contributed by atoms with Crippen LogP contribution in [0, 0.1) is 6.92 Å². The van der Waals surface area contributed by atoms with E-state index in [0.717, 1.165) is 37.2 Å². The number of hydrogen-bond donors (Lipinski definition) is 2. The minimum atomic E-state index is -0.524. The van der Waals surface area contributed by atoms with E-state index in [9.17, 15) is 9.59 Å². The second-order valence-electron chi connectivity index (χ2n) is 6.44. The average Bonchev–Trinajstić information content (AvgIpc) is 3.14. The fourth-order valence-corrected chi connectivity index (χ4v) is 3.06. The average molecular weight is 353 g/mol. The van der Waals surface area contributed by atoms with Crippen LogP contribution in [0.1, 0.15) is 28.8 Å². The van der Waals surface area contributed by atoms with Crippen LogP contribution < -0.4 is 20.7 Å². The van der Waals surface area contributed by atoms with Gasteiger partial charge < -0.3 is 20.7 Å². The van der Waals surface area contributed by atoms with Crippen molar-refractivity contribution in [1.29, 1.82) is 0 Å². The van der Waals surface area contributed by atoms with Crippen LogP contribution in [0.15, 0.2) is 42.5 Å². The fourth-order valence-electron chi connectivity index (χ4n) is 3.06. The molecule has 6 nitrogen and oxygen atoms in total. The van der Waals surface area contributed by atoms with Crippen LogP contribution >= 0.6 is 0 Å². The van der Waals surface area contributed by atoms with E-state index in [-0.39, 0.29) is 12.5 Å². The smallest absolute Gasteiger partial charge is 0.262 e. The summed E-state index contributed by atoms with van der Waals surface area (Å²) in [5.74, 6) is -0.163. The van der Waals surface area contributed by atoms with Gasteiger partial charge in [0.1, 0.15) is 5.75 Å². The molecule has 0 spiro atoms. The van der Waals surface area contributed by atoms with Gasteiger partial charge in [-0.25, -0.2) is 0 Å². The van der Waals surface area contributed by atoms with Crippen LogP contribution in [0.5, 0.6) is 5.75 Å². The predicted octanol–water partition coefficient (Wildman–Crippen LogP) is 2.71. The minimum Gasteiger partial charge on any atom is -0.484 e. The van der Waals surface area contributed by atoms with Crippen molar-refractivity contribution in [1.82, 2.24) is 0 Å². The Hall–Kier alpha value is -3.02. The van der Waals surface area contributed by atoms with Crippen molar-refractivity contribution < 1.29 is 14.3 Å². The van der Waals surface area contributed by atoms with Gasteiger partial charge in [-0.1, -0.05) is 12.1 Å². The monoisotopic (exact) mass is 353 g/mol. The molecule has 26 heavy (non-hydrogen) atoms. The molecule has 1 fully saturated rings. The number of rotatable bonds is 6. The molecular formula is C20H23N3O3. The van der Waals surface area contributed by atoms with Crippen LogP contribution in [0.3, 0.4) is 0 Å². The third-order valence-electron chi connectivity index (χ3n) is 4.36. The van der Waals surface area contributed by atoms with Crippen LogP contribution in [0.25, 0.3) is 0 Å². The van der Waals surface area contributed by atoms with E-state index in [1.54, 1.807) is 12.1 Å². The van der Waals surface area contributed by atoms with Crippen molar-refractivity contribution in [3.8, 4) is 5.75 Å². The van der Waals surface area contributed by atoms with E-state index < -0.39 is 5.91 Å². The Balaban J connectivity index is 1.72. The van der Waals surface area contributed by atoms with Crippen molar-refractivity contribution in [2.75, 3.05) is 29.9 Å². The van der Waals surface area contributed by atoms with Gasteiger partial charge in [0.25, 0.3) is 5.91 Å². The highest BCUT2D eigenvalue weighted by Gasteiger charge is 2.18. The first-order valence-electron chi connectivity index (χ1n) is 8.71. The summed E-state index contributed by atoms with van der Waals surface area (Å²) in [6.45, 7) is 3.71. The second kappa shape index (κ2) is 7.91. The normalized spacial score (nSPS) is 13.5. The lowest BCUT2D eigenvalue weighted by atomic mass is 10.1. The maximum Gasteiger partial charge on any atom is 0.262 e. The molecule has 0 radical (unpaired) electrons. The molecular weight excluding hydrogens is 330 g/mol. The lowest BCUT2D eigenvalue weighted by Crippen LogP contribution is -2.24. The molecule has 1 saturated heterocycles. The number of nitrogens with one attached hydrogen (secondary N) is 1. The standard InChI is InChI=1S/C20H23N3O3/c1-14-5-4-6-16(11-14)26-13-19(24)22-17-12-15(20(21)25)7-8-18(17)23-9-2-3-10-23/h4-8,11-12H,2-3,9-10,13H2,1H3,(H2,21,25)(H,22,24). The largest absolute Gasteiger partial charge is 0.484 e. The lowest BCUT2D eigenvalue weighted by Gasteiger charge is -2.22. The number of nitrogens with zero attached hydrogens (tertiary/aromatic N) is 1. The van der Waals surface area contributed by atoms with Gasteiger partial charge in [-0.2, -0.15) is 0 Å². The van der Waals surface area contributed by atoms with Gasteiger partial charge >= 0.3 is 0 Å². The number of primary amides is 1. The Kier molecular flexibility index (Phi) is 5.41. The van der Waals surface area contributed by atoms with Gasteiger partial charge in [0.2, 0.25) is 5.91 Å². The van der Waals surface area contributed by atoms with Crippen molar-refractivity contribution >= 4 is 23.2 Å². The number of anilines is 2. The molecule has 0 unspecified atom stereocenters. The molecule has 1 aliphatic rings. The molecule has 0 aromatic heterocycles. The van der Waals surface area contributed by atoms with Crippen LogP contribution in [-0.2, 0) is 4.79 Å². The molecule has 136 valence electrons. The van der Waals surface area contributed by atoms with Gasteiger partial charge in [-0.15, -0.1) is 0 Å². The summed E-state index contributed by atoms with van der Waals surface area (Å²) < 4.78 is 5.55. The molecule has 2 amide bonds. The zero-order chi connectivity index (χ0) is 18.5. The number of carbonyl (C=O) groups is 2. The summed E-state index contributed by atoms with van der Waals surface area (Å²) in [7, 11) is 0. The molecule has 0 bridgehead atoms. The molecule has 0 atom stereocenters. The Bertz CT molecular complexity index is 814. The van der Waals surface area contributed by atoms with Crippen LogP contribution in [-0.4, -0.2) is 31.5 Å². The summed E-state index contributed by atoms with van der Waals surface area (Å²) in [5.41, 5.74) is 8.29. The van der Waals surface area contributed by atoms with Gasteiger partial charge in [-0.05, 0) is 55.7 Å². The topological polar surface area (TPSA) is 84.7 Å². The lowest BCUT2D eigenvalue weighted by molar-refractivity contribution is -0.118. The van der Waals surface area contributed by atoms with E-state index in [4.69, 9.17) is 10.5 Å². The summed E-state index contributed by atoms with van der Waals surface area (Å²) in [6.07, 6.45) is 2.23. The number of benzene rings is 2. The number of amides is 2. The van der Waals surface area contributed by atoms with Gasteiger partial charge in [0, 0.05) is 18.7 Å². The van der Waals surface area contributed by atoms with Crippen molar-refractivity contribution in [3.63, 3.8) is 0 Å². The third-order valence-corrected chi connectivity index (χ3v) is 4.36. The SMILES string of the molecule is Cc1cccc(OCC(=O)Nc2cc(C(N)=O)ccc2N2CCCC2)c1. The quantitative estimate of drug-likeness (QED) is 0.836. The van der Waals surface area contributed by atoms with Crippen molar-refractivity contribution in [2.24, 2.45) is 5.73 Å². The zero-order valence-corrected chi connectivity index (χ0v) is 14.8. The first-order chi connectivity index (χ1) is 12.5. The van der Waals surface area contributed by atoms with E-state index in [1.807, 2.05) is 37.3 Å². The molecule has 2 aromatic carbocycles. The predicted molar refractivity (Wildman–Crippen MR) is 102 cm³/mol. The maximum absolute atomic E-state index is 12.3. The maximum atomic E-state index is 12.3. The van der Waals surface area contributed by atoms with Gasteiger partial charge in [0.05, 0.1) is 11.4 Å². The van der Waals surface area contributed by atoms with Crippen LogP contribution in [0.4, 0.5) is 11.4 Å². The molecule has 1 heterocycles. The summed E-state index contributed by atoms with van der Waals surface area (Å²) in [4.78, 5) is 26.0. The van der Waals surface area contributed by atoms with Crippen molar-refractivity contribution in [3.05, 3.63) is 53.6 Å². The summed E-state index contributed by atoms with van der Waals surface area (Å²) in [6, 6.07) is 12.7. The molecule has 0 aliphatic carbocycles. The number of nitrogens with two attached hydrogens (primary N) is 1. The Morgan fingerprint density at radius 3 is 2.62 bits per heavy atom. The van der Waals surface area contributed by atoms with Gasteiger partial charge in [0.15, 0.2) is 6.61 Å². The molecule has 2 aromatic rings. The Labute approximate surface area is 152 Å². The summed E-state index contributed by atoms with van der Waals surface area (Å²) in [5, 5.41) is 2.85. The highest BCUT2D eigenvalue weighted by Crippen LogP contribution is 2.30. The minimum absolute atomic E-state index is 0.107. The number of ether oxygens (including phenoxy) is 1. The molecule has 3 N–H and O–H groups in total. The Morgan fingerprint density at radius 2 is 1.92 bits per heavy atom. The zero-order valence-electron chi connectivity index (χ0n) is 14.8. The molecule has 3 rings (SSSR count). The highest BCUT2D eigenvalue weighted by atomic mass is 16.5. The van der Waals surface area contributed by atoms with Crippen LogP contribution in [0.2, 0.25) is 0 Å². The second-order valence-corrected chi connectivity index (χ2v) is 6.44. The first-order valence-corrected chi connectivity index (χ1v) is 8.71. The number of hydrogen-bond acceptors (Lipinski definition) is 4. The fraction of sp³-hybridized carbons (Fsp3) is 0.300. The highest BCUT2D eigenvalue weighted by molar-refractivity contribution is 5.99. The molecule has 6 heteroatoms.